The highest BCUT2D eigenvalue weighted by Gasteiger charge is 2.22. The van der Waals surface area contributed by atoms with E-state index in [1.807, 2.05) is 0 Å². The van der Waals surface area contributed by atoms with Gasteiger partial charge in [0, 0.05) is 5.57 Å². The van der Waals surface area contributed by atoms with Gasteiger partial charge in [0.15, 0.2) is 0 Å². The molecular weight excluding hydrogens is 464 g/mol. The monoisotopic (exact) mass is 514 g/mol. The smallest absolute Gasteiger partial charge is 0.333 e. The van der Waals surface area contributed by atoms with Gasteiger partial charge in [0.25, 0.3) is 0 Å². The second-order valence-corrected chi connectivity index (χ2v) is 11.9. The maximum Gasteiger partial charge on any atom is 0.333 e. The van der Waals surface area contributed by atoms with Crippen LogP contribution in [0.4, 0.5) is 0 Å². The molecule has 38 heavy (non-hydrogen) atoms. The summed E-state index contributed by atoms with van der Waals surface area (Å²) in [6.45, 7) is 5.11. The average molecular weight is 515 g/mol. The number of ether oxygens (including phenoxy) is 1. The van der Waals surface area contributed by atoms with Crippen molar-refractivity contribution in [1.82, 2.24) is 0 Å². The Hall–Kier alpha value is -2.35. The lowest BCUT2D eigenvalue weighted by molar-refractivity contribution is -0.139. The molecule has 0 radical (unpaired) electrons. The summed E-state index contributed by atoms with van der Waals surface area (Å²) in [4.78, 5) is 12.5. The molecule has 2 aromatic rings. The molecule has 1 saturated carbocycles. The standard InChI is InChI=1S/C36H50O2/c1-3-5-6-7-8-9-27-38-36(37)35-25-23-34(24-26-35)33-21-19-32(20-22-33)31-17-15-30(16-18-31)29-13-11-28(10-4-2)12-14-29/h15-22,25,28-29,34H,3-14,23-24,26-27H2,1-2H3/t28-,29-,34?. The van der Waals surface area contributed by atoms with Crippen molar-refractivity contribution in [2.75, 3.05) is 6.61 Å². The van der Waals surface area contributed by atoms with Crippen molar-refractivity contribution in [3.8, 4) is 11.1 Å². The minimum atomic E-state index is -0.0928. The zero-order chi connectivity index (χ0) is 26.6. The van der Waals surface area contributed by atoms with E-state index in [0.717, 1.165) is 49.5 Å². The molecule has 0 saturated heterocycles. The summed E-state index contributed by atoms with van der Waals surface area (Å²) >= 11 is 0. The Labute approximate surface area is 232 Å². The molecule has 4 rings (SSSR count). The van der Waals surface area contributed by atoms with Gasteiger partial charge in [-0.2, -0.15) is 0 Å². The van der Waals surface area contributed by atoms with Crippen molar-refractivity contribution < 1.29 is 9.53 Å². The van der Waals surface area contributed by atoms with E-state index in [2.05, 4.69) is 68.5 Å². The molecule has 2 heteroatoms. The van der Waals surface area contributed by atoms with Gasteiger partial charge in [0.05, 0.1) is 6.61 Å². The summed E-state index contributed by atoms with van der Waals surface area (Å²) < 4.78 is 5.55. The van der Waals surface area contributed by atoms with Crippen LogP contribution in [0.3, 0.4) is 0 Å². The third-order valence-electron chi connectivity index (χ3n) is 9.05. The van der Waals surface area contributed by atoms with Gasteiger partial charge in [-0.15, -0.1) is 0 Å². The van der Waals surface area contributed by atoms with Crippen molar-refractivity contribution in [2.45, 2.75) is 122 Å². The Morgan fingerprint density at radius 1 is 0.711 bits per heavy atom. The number of unbranched alkanes of at least 4 members (excludes halogenated alkanes) is 5. The number of carbonyl (C=O) groups is 1. The highest BCUT2D eigenvalue weighted by molar-refractivity contribution is 5.88. The Morgan fingerprint density at radius 2 is 1.32 bits per heavy atom. The molecule has 1 atom stereocenters. The van der Waals surface area contributed by atoms with Gasteiger partial charge in [-0.1, -0.05) is 113 Å². The number of rotatable bonds is 13. The highest BCUT2D eigenvalue weighted by atomic mass is 16.5. The van der Waals surface area contributed by atoms with Gasteiger partial charge in [-0.25, -0.2) is 4.79 Å². The van der Waals surface area contributed by atoms with E-state index in [0.29, 0.717) is 12.5 Å². The summed E-state index contributed by atoms with van der Waals surface area (Å²) in [5, 5.41) is 0. The molecule has 0 aliphatic heterocycles. The molecular formula is C36H50O2. The second kappa shape index (κ2) is 15.3. The normalized spacial score (nSPS) is 21.6. The molecule has 0 aromatic heterocycles. The Morgan fingerprint density at radius 3 is 1.89 bits per heavy atom. The summed E-state index contributed by atoms with van der Waals surface area (Å²) in [6.07, 6.45) is 20.4. The zero-order valence-corrected chi connectivity index (χ0v) is 24.1. The third kappa shape index (κ3) is 8.32. The summed E-state index contributed by atoms with van der Waals surface area (Å²) in [6, 6.07) is 18.5. The lowest BCUT2D eigenvalue weighted by Crippen LogP contribution is -2.14. The molecule has 0 amide bonds. The van der Waals surface area contributed by atoms with E-state index >= 15 is 0 Å². The van der Waals surface area contributed by atoms with E-state index < -0.39 is 0 Å². The number of esters is 1. The first kappa shape index (κ1) is 28.7. The van der Waals surface area contributed by atoms with E-state index in [-0.39, 0.29) is 5.97 Å². The first-order chi connectivity index (χ1) is 18.7. The molecule has 2 aromatic carbocycles. The van der Waals surface area contributed by atoms with E-state index in [1.165, 1.54) is 86.5 Å². The van der Waals surface area contributed by atoms with Gasteiger partial charge < -0.3 is 4.74 Å². The molecule has 0 bridgehead atoms. The quantitative estimate of drug-likeness (QED) is 0.196. The topological polar surface area (TPSA) is 26.3 Å². The minimum absolute atomic E-state index is 0.0928. The van der Waals surface area contributed by atoms with E-state index in [1.54, 1.807) is 0 Å². The second-order valence-electron chi connectivity index (χ2n) is 11.9. The fourth-order valence-electron chi connectivity index (χ4n) is 6.55. The van der Waals surface area contributed by atoms with Gasteiger partial charge in [-0.3, -0.25) is 0 Å². The Balaban J connectivity index is 1.22. The molecule has 1 unspecified atom stereocenters. The molecule has 0 N–H and O–H groups in total. The SMILES string of the molecule is CCCCCCCCOC(=O)C1=CCC(c2ccc(-c3ccc([C@H]4CC[C@H](CCC)CC4)cc3)cc2)CC1. The van der Waals surface area contributed by atoms with Crippen LogP contribution in [0.5, 0.6) is 0 Å². The number of allylic oxidation sites excluding steroid dienone is 1. The van der Waals surface area contributed by atoms with Gasteiger partial charge in [-0.05, 0) is 91.4 Å². The number of hydrogen-bond donors (Lipinski definition) is 0. The maximum atomic E-state index is 12.5. The Bertz CT molecular complexity index is 993. The van der Waals surface area contributed by atoms with Crippen LogP contribution in [0.15, 0.2) is 60.2 Å². The molecule has 0 spiro atoms. The van der Waals surface area contributed by atoms with Crippen molar-refractivity contribution in [2.24, 2.45) is 5.92 Å². The first-order valence-corrected chi connectivity index (χ1v) is 15.7. The molecule has 2 aliphatic rings. The molecule has 206 valence electrons. The third-order valence-corrected chi connectivity index (χ3v) is 9.05. The van der Waals surface area contributed by atoms with Crippen LogP contribution in [0.2, 0.25) is 0 Å². The molecule has 2 nitrogen and oxygen atoms in total. The van der Waals surface area contributed by atoms with Crippen molar-refractivity contribution >= 4 is 5.97 Å². The van der Waals surface area contributed by atoms with Crippen molar-refractivity contribution in [3.63, 3.8) is 0 Å². The molecule has 1 fully saturated rings. The maximum absolute atomic E-state index is 12.5. The zero-order valence-electron chi connectivity index (χ0n) is 24.1. The predicted molar refractivity (Wildman–Crippen MR) is 160 cm³/mol. The van der Waals surface area contributed by atoms with Crippen molar-refractivity contribution in [1.29, 1.82) is 0 Å². The lowest BCUT2D eigenvalue weighted by atomic mass is 9.77. The summed E-state index contributed by atoms with van der Waals surface area (Å²) in [7, 11) is 0. The number of carbonyl (C=O) groups excluding carboxylic acids is 1. The minimum Gasteiger partial charge on any atom is -0.462 e. The van der Waals surface area contributed by atoms with Crippen LogP contribution in [0.25, 0.3) is 11.1 Å². The number of benzene rings is 2. The van der Waals surface area contributed by atoms with Crippen LogP contribution in [-0.2, 0) is 9.53 Å². The fraction of sp³-hybridized carbons (Fsp3) is 0.583. The van der Waals surface area contributed by atoms with Crippen LogP contribution in [0, 0.1) is 5.92 Å². The predicted octanol–water partition coefficient (Wildman–Crippen LogP) is 10.5. The van der Waals surface area contributed by atoms with Crippen LogP contribution < -0.4 is 0 Å². The Kier molecular flexibility index (Phi) is 11.5. The highest BCUT2D eigenvalue weighted by Crippen LogP contribution is 2.38. The summed E-state index contributed by atoms with van der Waals surface area (Å²) in [5.41, 5.74) is 6.37. The van der Waals surface area contributed by atoms with E-state index in [4.69, 9.17) is 4.74 Å². The largest absolute Gasteiger partial charge is 0.462 e. The van der Waals surface area contributed by atoms with Crippen molar-refractivity contribution in [3.05, 3.63) is 71.3 Å². The van der Waals surface area contributed by atoms with Crippen LogP contribution >= 0.6 is 0 Å². The van der Waals surface area contributed by atoms with Gasteiger partial charge >= 0.3 is 5.97 Å². The lowest BCUT2D eigenvalue weighted by Gasteiger charge is -2.28. The molecule has 0 heterocycles. The number of hydrogen-bond acceptors (Lipinski definition) is 2. The van der Waals surface area contributed by atoms with Gasteiger partial charge in [0.2, 0.25) is 0 Å². The molecule has 2 aliphatic carbocycles. The van der Waals surface area contributed by atoms with Crippen LogP contribution in [0.1, 0.15) is 133 Å². The fourth-order valence-corrected chi connectivity index (χ4v) is 6.55. The van der Waals surface area contributed by atoms with Crippen LogP contribution in [-0.4, -0.2) is 12.6 Å². The summed E-state index contributed by atoms with van der Waals surface area (Å²) in [5.74, 6) is 2.11. The first-order valence-electron chi connectivity index (χ1n) is 15.7. The average Bonchev–Trinajstić information content (AvgIpc) is 2.97. The van der Waals surface area contributed by atoms with Gasteiger partial charge in [0.1, 0.15) is 0 Å². The van der Waals surface area contributed by atoms with E-state index in [9.17, 15) is 4.79 Å².